The summed E-state index contributed by atoms with van der Waals surface area (Å²) in [7, 11) is 1.44. The van der Waals surface area contributed by atoms with Crippen molar-refractivity contribution in [2.45, 2.75) is 20.3 Å². The van der Waals surface area contributed by atoms with Crippen molar-refractivity contribution in [3.05, 3.63) is 59.2 Å². The van der Waals surface area contributed by atoms with Gasteiger partial charge in [-0.1, -0.05) is 24.3 Å². The molecule has 32 heavy (non-hydrogen) atoms. The van der Waals surface area contributed by atoms with E-state index in [-0.39, 0.29) is 18.5 Å². The van der Waals surface area contributed by atoms with Crippen molar-refractivity contribution >= 4 is 29.4 Å². The zero-order valence-corrected chi connectivity index (χ0v) is 18.1. The Labute approximate surface area is 185 Å². The first-order valence-electron chi connectivity index (χ1n) is 10.1. The molecule has 1 aliphatic rings. The Morgan fingerprint density at radius 1 is 1.12 bits per heavy atom. The summed E-state index contributed by atoms with van der Waals surface area (Å²) in [4.78, 5) is 49.2. The van der Waals surface area contributed by atoms with Crippen LogP contribution in [0.2, 0.25) is 0 Å². The van der Waals surface area contributed by atoms with Crippen LogP contribution in [0.4, 0.5) is 5.69 Å². The Hall–Kier alpha value is -3.88. The molecule has 1 fully saturated rings. The van der Waals surface area contributed by atoms with Crippen LogP contribution in [-0.2, 0) is 19.1 Å². The lowest BCUT2D eigenvalue weighted by atomic mass is 10.1. The van der Waals surface area contributed by atoms with Gasteiger partial charge in [0, 0.05) is 12.1 Å². The average molecular weight is 439 g/mol. The lowest BCUT2D eigenvalue weighted by Crippen LogP contribution is -2.43. The first-order valence-corrected chi connectivity index (χ1v) is 10.1. The maximum atomic E-state index is 12.5. The van der Waals surface area contributed by atoms with Crippen molar-refractivity contribution in [1.82, 2.24) is 10.4 Å². The van der Waals surface area contributed by atoms with Crippen LogP contribution >= 0.6 is 0 Å². The van der Waals surface area contributed by atoms with Crippen molar-refractivity contribution in [2.75, 3.05) is 25.6 Å². The minimum absolute atomic E-state index is 0.0445. The molecule has 0 spiro atoms. The van der Waals surface area contributed by atoms with Gasteiger partial charge in [0.15, 0.2) is 6.61 Å². The van der Waals surface area contributed by atoms with Gasteiger partial charge in [0.1, 0.15) is 5.75 Å². The van der Waals surface area contributed by atoms with Crippen LogP contribution in [0, 0.1) is 19.8 Å². The number of amides is 3. The van der Waals surface area contributed by atoms with Crippen LogP contribution < -0.4 is 15.5 Å². The Morgan fingerprint density at radius 3 is 2.62 bits per heavy atom. The van der Waals surface area contributed by atoms with Crippen LogP contribution in [0.15, 0.2) is 42.5 Å². The summed E-state index contributed by atoms with van der Waals surface area (Å²) >= 11 is 0. The molecule has 1 aliphatic heterocycles. The van der Waals surface area contributed by atoms with Gasteiger partial charge in [-0.25, -0.2) is 0 Å². The summed E-state index contributed by atoms with van der Waals surface area (Å²) in [6.45, 7) is 3.26. The lowest BCUT2D eigenvalue weighted by molar-refractivity contribution is -0.151. The minimum Gasteiger partial charge on any atom is -0.496 e. The molecule has 1 saturated heterocycles. The predicted octanol–water partition coefficient (Wildman–Crippen LogP) is 1.99. The number of para-hydroxylation sites is 1. The SMILES string of the molecule is COc1ccccc1C(=O)NN1C[C@H](C(=O)OCC(=O)Nc2cc(C)ccc2C)CC1=O. The molecule has 2 N–H and O–H groups in total. The highest BCUT2D eigenvalue weighted by Gasteiger charge is 2.37. The Kier molecular flexibility index (Phi) is 7.09. The van der Waals surface area contributed by atoms with Crippen molar-refractivity contribution in [1.29, 1.82) is 0 Å². The maximum Gasteiger partial charge on any atom is 0.311 e. The van der Waals surface area contributed by atoms with Crippen LogP contribution in [0.25, 0.3) is 0 Å². The highest BCUT2D eigenvalue weighted by Crippen LogP contribution is 2.21. The molecular weight excluding hydrogens is 414 g/mol. The van der Waals surface area contributed by atoms with Gasteiger partial charge in [-0.05, 0) is 43.2 Å². The fourth-order valence-corrected chi connectivity index (χ4v) is 3.30. The number of benzene rings is 2. The van der Waals surface area contributed by atoms with Crippen molar-refractivity contribution < 1.29 is 28.7 Å². The van der Waals surface area contributed by atoms with E-state index in [4.69, 9.17) is 9.47 Å². The Balaban J connectivity index is 1.52. The second-order valence-corrected chi connectivity index (χ2v) is 7.52. The van der Waals surface area contributed by atoms with Gasteiger partial charge in [0.25, 0.3) is 11.8 Å². The summed E-state index contributed by atoms with van der Waals surface area (Å²) < 4.78 is 10.2. The lowest BCUT2D eigenvalue weighted by Gasteiger charge is -2.18. The van der Waals surface area contributed by atoms with Crippen LogP contribution in [-0.4, -0.2) is 49.0 Å². The molecule has 0 unspecified atom stereocenters. The van der Waals surface area contributed by atoms with Crippen molar-refractivity contribution in [2.24, 2.45) is 5.92 Å². The number of nitrogens with zero attached hydrogens (tertiary/aromatic N) is 1. The molecule has 1 heterocycles. The standard InChI is InChI=1S/C23H25N3O6/c1-14-8-9-15(2)18(10-14)24-20(27)13-32-23(30)16-11-21(28)26(12-16)25-22(29)17-6-4-5-7-19(17)31-3/h4-10,16H,11-13H2,1-3H3,(H,24,27)(H,25,29)/t16-/m1/s1. The molecule has 3 amide bonds. The second kappa shape index (κ2) is 9.95. The highest BCUT2D eigenvalue weighted by molar-refractivity contribution is 5.99. The third-order valence-electron chi connectivity index (χ3n) is 5.06. The number of nitrogens with one attached hydrogen (secondary N) is 2. The number of anilines is 1. The number of ether oxygens (including phenoxy) is 2. The van der Waals surface area contributed by atoms with Crippen molar-refractivity contribution in [3.63, 3.8) is 0 Å². The monoisotopic (exact) mass is 439 g/mol. The van der Waals surface area contributed by atoms with E-state index in [2.05, 4.69) is 10.7 Å². The topological polar surface area (TPSA) is 114 Å². The predicted molar refractivity (Wildman–Crippen MR) is 116 cm³/mol. The summed E-state index contributed by atoms with van der Waals surface area (Å²) in [5.41, 5.74) is 5.27. The number of hydrazine groups is 1. The molecule has 0 aromatic heterocycles. The zero-order chi connectivity index (χ0) is 23.3. The van der Waals surface area contributed by atoms with Crippen LogP contribution in [0.3, 0.4) is 0 Å². The van der Waals surface area contributed by atoms with E-state index >= 15 is 0 Å². The highest BCUT2D eigenvalue weighted by atomic mass is 16.5. The molecule has 1 atom stereocenters. The molecule has 0 saturated carbocycles. The van der Waals surface area contributed by atoms with Gasteiger partial charge >= 0.3 is 5.97 Å². The number of methoxy groups -OCH3 is 1. The van der Waals surface area contributed by atoms with Crippen molar-refractivity contribution in [3.8, 4) is 5.75 Å². The van der Waals surface area contributed by atoms with E-state index in [0.29, 0.717) is 11.4 Å². The number of esters is 1. The second-order valence-electron chi connectivity index (χ2n) is 7.52. The third kappa shape index (κ3) is 5.42. The summed E-state index contributed by atoms with van der Waals surface area (Å²) in [5, 5.41) is 3.79. The quantitative estimate of drug-likeness (QED) is 0.638. The van der Waals surface area contributed by atoms with Gasteiger partial charge in [0.2, 0.25) is 5.91 Å². The molecule has 9 nitrogen and oxygen atoms in total. The number of carbonyl (C=O) groups is 4. The number of carbonyl (C=O) groups excluding carboxylic acids is 4. The number of rotatable bonds is 7. The van der Waals surface area contributed by atoms with Gasteiger partial charge in [-0.2, -0.15) is 0 Å². The van der Waals surface area contributed by atoms with Crippen LogP contribution in [0.1, 0.15) is 27.9 Å². The van der Waals surface area contributed by atoms with E-state index in [1.165, 1.54) is 7.11 Å². The van der Waals surface area contributed by atoms with Gasteiger partial charge in [-0.3, -0.25) is 29.6 Å². The fraction of sp³-hybridized carbons (Fsp3) is 0.304. The number of aryl methyl sites for hydroxylation is 2. The molecule has 9 heteroatoms. The number of hydrogen-bond acceptors (Lipinski definition) is 6. The van der Waals surface area contributed by atoms with E-state index in [1.807, 2.05) is 32.0 Å². The smallest absolute Gasteiger partial charge is 0.311 e. The summed E-state index contributed by atoms with van der Waals surface area (Å²) in [5.74, 6) is -2.52. The van der Waals surface area contributed by atoms with E-state index in [0.717, 1.165) is 16.1 Å². The van der Waals surface area contributed by atoms with E-state index in [1.54, 1.807) is 24.3 Å². The summed E-state index contributed by atoms with van der Waals surface area (Å²) in [6.07, 6.45) is -0.121. The normalized spacial score (nSPS) is 15.3. The molecule has 2 aromatic rings. The van der Waals surface area contributed by atoms with Gasteiger partial charge in [0.05, 0.1) is 25.1 Å². The third-order valence-corrected chi connectivity index (χ3v) is 5.06. The Bertz CT molecular complexity index is 1050. The first kappa shape index (κ1) is 22.8. The minimum atomic E-state index is -0.783. The number of hydrogen-bond donors (Lipinski definition) is 2. The first-order chi connectivity index (χ1) is 15.3. The van der Waals surface area contributed by atoms with E-state index in [9.17, 15) is 19.2 Å². The molecular formula is C23H25N3O6. The largest absolute Gasteiger partial charge is 0.496 e. The molecule has 3 rings (SSSR count). The maximum absolute atomic E-state index is 12.5. The molecule has 168 valence electrons. The molecule has 2 aromatic carbocycles. The molecule has 0 radical (unpaired) electrons. The molecule has 0 aliphatic carbocycles. The average Bonchev–Trinajstić information content (AvgIpc) is 3.14. The molecule has 0 bridgehead atoms. The summed E-state index contributed by atoms with van der Waals surface area (Å²) in [6, 6.07) is 12.2. The van der Waals surface area contributed by atoms with E-state index < -0.39 is 36.2 Å². The fourth-order valence-electron chi connectivity index (χ4n) is 3.30. The van der Waals surface area contributed by atoms with Crippen LogP contribution in [0.5, 0.6) is 5.75 Å². The zero-order valence-electron chi connectivity index (χ0n) is 18.1. The van der Waals surface area contributed by atoms with Gasteiger partial charge < -0.3 is 14.8 Å². The Morgan fingerprint density at radius 2 is 1.88 bits per heavy atom. The van der Waals surface area contributed by atoms with Gasteiger partial charge in [-0.15, -0.1) is 0 Å².